The second kappa shape index (κ2) is 7.04. The van der Waals surface area contributed by atoms with Gasteiger partial charge in [0.25, 0.3) is 0 Å². The van der Waals surface area contributed by atoms with Gasteiger partial charge in [0.1, 0.15) is 23.7 Å². The first-order chi connectivity index (χ1) is 12.1. The second-order valence-electron chi connectivity index (χ2n) is 5.14. The lowest BCUT2D eigenvalue weighted by atomic mass is 10.1. The maximum absolute atomic E-state index is 13.6. The van der Waals surface area contributed by atoms with Crippen LogP contribution < -0.4 is 14.8 Å². The molecule has 0 saturated heterocycles. The number of aromatic hydroxyl groups is 1. The molecule has 3 aromatic rings. The summed E-state index contributed by atoms with van der Waals surface area (Å²) in [5.41, 5.74) is 1.64. The first-order valence-electron chi connectivity index (χ1n) is 7.40. The highest BCUT2D eigenvalue weighted by atomic mass is 19.1. The van der Waals surface area contributed by atoms with E-state index in [-0.39, 0.29) is 11.6 Å². The molecule has 3 rings (SSSR count). The topological polar surface area (TPSA) is 76.5 Å². The third kappa shape index (κ3) is 3.60. The van der Waals surface area contributed by atoms with E-state index >= 15 is 0 Å². The zero-order chi connectivity index (χ0) is 17.8. The average Bonchev–Trinajstić information content (AvgIpc) is 2.62. The third-order valence-corrected chi connectivity index (χ3v) is 3.56. The zero-order valence-corrected chi connectivity index (χ0v) is 13.7. The van der Waals surface area contributed by atoms with Crippen LogP contribution in [0.2, 0.25) is 0 Å². The molecule has 0 amide bonds. The number of phenols is 1. The molecule has 0 bridgehead atoms. The van der Waals surface area contributed by atoms with Crippen molar-refractivity contribution < 1.29 is 19.0 Å². The zero-order valence-electron chi connectivity index (χ0n) is 13.7. The minimum atomic E-state index is -0.385. The Morgan fingerprint density at radius 3 is 2.44 bits per heavy atom. The van der Waals surface area contributed by atoms with Crippen molar-refractivity contribution in [2.75, 3.05) is 19.5 Å². The van der Waals surface area contributed by atoms with Crippen molar-refractivity contribution in [3.05, 3.63) is 54.6 Å². The lowest BCUT2D eigenvalue weighted by Crippen LogP contribution is -1.97. The number of anilines is 2. The molecule has 0 spiro atoms. The van der Waals surface area contributed by atoms with E-state index in [2.05, 4.69) is 15.3 Å². The van der Waals surface area contributed by atoms with Crippen molar-refractivity contribution in [1.29, 1.82) is 0 Å². The average molecular weight is 341 g/mol. The minimum absolute atomic E-state index is 0.00794. The molecule has 1 aromatic heterocycles. The van der Waals surface area contributed by atoms with Gasteiger partial charge in [-0.2, -0.15) is 0 Å². The molecule has 0 unspecified atom stereocenters. The van der Waals surface area contributed by atoms with Gasteiger partial charge in [-0.15, -0.1) is 0 Å². The number of methoxy groups -OCH3 is 2. The molecule has 0 aliphatic rings. The predicted molar refractivity (Wildman–Crippen MR) is 91.9 cm³/mol. The molecular weight excluding hydrogens is 325 g/mol. The smallest absolute Gasteiger partial charge is 0.160 e. The molecule has 6 nitrogen and oxygen atoms in total. The Kier molecular flexibility index (Phi) is 4.65. The summed E-state index contributed by atoms with van der Waals surface area (Å²) in [5.74, 6) is 0.991. The van der Waals surface area contributed by atoms with Gasteiger partial charge < -0.3 is 19.9 Å². The Morgan fingerprint density at radius 1 is 0.960 bits per heavy atom. The molecule has 0 aliphatic carbocycles. The summed E-state index contributed by atoms with van der Waals surface area (Å²) in [4.78, 5) is 8.32. The van der Waals surface area contributed by atoms with Crippen molar-refractivity contribution in [2.24, 2.45) is 0 Å². The van der Waals surface area contributed by atoms with Gasteiger partial charge in [-0.25, -0.2) is 14.4 Å². The highest BCUT2D eigenvalue weighted by Crippen LogP contribution is 2.32. The van der Waals surface area contributed by atoms with E-state index in [1.807, 2.05) is 0 Å². The quantitative estimate of drug-likeness (QED) is 0.736. The standard InChI is InChI=1S/C18H16FN3O3/c1-24-16-5-3-11(19)7-13(16)14-9-18(21-10-20-14)22-12-4-6-17(25-2)15(23)8-12/h3-10,23H,1-2H3,(H,20,21,22). The van der Waals surface area contributed by atoms with Crippen molar-refractivity contribution in [2.45, 2.75) is 0 Å². The first kappa shape index (κ1) is 16.5. The summed E-state index contributed by atoms with van der Waals surface area (Å²) in [5, 5.41) is 12.9. The monoisotopic (exact) mass is 341 g/mol. The second-order valence-corrected chi connectivity index (χ2v) is 5.14. The number of hydrogen-bond acceptors (Lipinski definition) is 6. The number of aromatic nitrogens is 2. The number of phenolic OH excluding ortho intramolecular Hbond substituents is 1. The van der Waals surface area contributed by atoms with E-state index in [9.17, 15) is 9.50 Å². The maximum Gasteiger partial charge on any atom is 0.160 e. The van der Waals surface area contributed by atoms with Crippen LogP contribution in [0, 0.1) is 5.82 Å². The van der Waals surface area contributed by atoms with Crippen LogP contribution in [0.15, 0.2) is 48.8 Å². The molecule has 2 N–H and O–H groups in total. The Morgan fingerprint density at radius 2 is 1.72 bits per heavy atom. The molecule has 25 heavy (non-hydrogen) atoms. The summed E-state index contributed by atoms with van der Waals surface area (Å²) in [6.07, 6.45) is 1.37. The van der Waals surface area contributed by atoms with E-state index in [1.165, 1.54) is 38.7 Å². The fraction of sp³-hybridized carbons (Fsp3) is 0.111. The van der Waals surface area contributed by atoms with Crippen LogP contribution in [-0.2, 0) is 0 Å². The number of ether oxygens (including phenoxy) is 2. The van der Waals surface area contributed by atoms with Gasteiger partial charge in [0.2, 0.25) is 0 Å². The highest BCUT2D eigenvalue weighted by molar-refractivity contribution is 5.71. The van der Waals surface area contributed by atoms with Crippen LogP contribution in [-0.4, -0.2) is 29.3 Å². The van der Waals surface area contributed by atoms with E-state index in [4.69, 9.17) is 9.47 Å². The lowest BCUT2D eigenvalue weighted by Gasteiger charge is -2.11. The van der Waals surface area contributed by atoms with Crippen LogP contribution in [0.1, 0.15) is 0 Å². The van der Waals surface area contributed by atoms with Crippen LogP contribution in [0.5, 0.6) is 17.2 Å². The van der Waals surface area contributed by atoms with Crippen molar-refractivity contribution in [1.82, 2.24) is 9.97 Å². The molecule has 0 saturated carbocycles. The van der Waals surface area contributed by atoms with Gasteiger partial charge in [0.15, 0.2) is 11.5 Å². The minimum Gasteiger partial charge on any atom is -0.504 e. The number of nitrogens with one attached hydrogen (secondary N) is 1. The fourth-order valence-electron chi connectivity index (χ4n) is 2.37. The summed E-state index contributed by atoms with van der Waals surface area (Å²) >= 11 is 0. The van der Waals surface area contributed by atoms with E-state index in [1.54, 1.807) is 24.3 Å². The molecule has 0 fully saturated rings. The SMILES string of the molecule is COc1ccc(Nc2cc(-c3cc(F)ccc3OC)ncn2)cc1O. The van der Waals surface area contributed by atoms with Gasteiger partial charge in [-0.3, -0.25) is 0 Å². The molecule has 1 heterocycles. The number of benzene rings is 2. The highest BCUT2D eigenvalue weighted by Gasteiger charge is 2.10. The summed E-state index contributed by atoms with van der Waals surface area (Å²) in [6, 6.07) is 10.8. The van der Waals surface area contributed by atoms with Crippen LogP contribution in [0.25, 0.3) is 11.3 Å². The Hall–Kier alpha value is -3.35. The third-order valence-electron chi connectivity index (χ3n) is 3.56. The normalized spacial score (nSPS) is 10.4. The van der Waals surface area contributed by atoms with Crippen LogP contribution in [0.3, 0.4) is 0 Å². The number of rotatable bonds is 5. The van der Waals surface area contributed by atoms with Crippen LogP contribution in [0.4, 0.5) is 15.9 Å². The maximum atomic E-state index is 13.6. The molecule has 0 radical (unpaired) electrons. The van der Waals surface area contributed by atoms with E-state index in [0.717, 1.165) is 0 Å². The van der Waals surface area contributed by atoms with E-state index < -0.39 is 0 Å². The number of nitrogens with zero attached hydrogens (tertiary/aromatic N) is 2. The van der Waals surface area contributed by atoms with Gasteiger partial charge in [-0.05, 0) is 30.3 Å². The molecule has 0 aliphatic heterocycles. The lowest BCUT2D eigenvalue weighted by molar-refractivity contribution is 0.373. The molecule has 0 atom stereocenters. The largest absolute Gasteiger partial charge is 0.504 e. The van der Waals surface area contributed by atoms with Crippen molar-refractivity contribution >= 4 is 11.5 Å². The fourth-order valence-corrected chi connectivity index (χ4v) is 2.37. The van der Waals surface area contributed by atoms with Crippen molar-refractivity contribution in [3.8, 4) is 28.5 Å². The Bertz CT molecular complexity index is 902. The summed E-state index contributed by atoms with van der Waals surface area (Å²) in [7, 11) is 2.99. The van der Waals surface area contributed by atoms with Gasteiger partial charge in [0.05, 0.1) is 19.9 Å². The summed E-state index contributed by atoms with van der Waals surface area (Å²) < 4.78 is 23.8. The van der Waals surface area contributed by atoms with E-state index in [0.29, 0.717) is 34.3 Å². The van der Waals surface area contributed by atoms with Gasteiger partial charge in [-0.1, -0.05) is 0 Å². The Labute approximate surface area is 143 Å². The predicted octanol–water partition coefficient (Wildman–Crippen LogP) is 3.75. The molecule has 128 valence electrons. The van der Waals surface area contributed by atoms with Crippen LogP contribution >= 0.6 is 0 Å². The number of hydrogen-bond donors (Lipinski definition) is 2. The van der Waals surface area contributed by atoms with Gasteiger partial charge in [0, 0.05) is 23.4 Å². The first-order valence-corrected chi connectivity index (χ1v) is 7.40. The van der Waals surface area contributed by atoms with Crippen molar-refractivity contribution in [3.63, 3.8) is 0 Å². The molecule has 7 heteroatoms. The summed E-state index contributed by atoms with van der Waals surface area (Å²) in [6.45, 7) is 0. The molecular formula is C18H16FN3O3. The number of halogens is 1. The molecule has 2 aromatic carbocycles. The Balaban J connectivity index is 1.92. The van der Waals surface area contributed by atoms with Gasteiger partial charge >= 0.3 is 0 Å².